The number of fused-ring (bicyclic) bond motifs is 1. The first-order valence-electron chi connectivity index (χ1n) is 9.41. The Morgan fingerprint density at radius 1 is 1.26 bits per heavy atom. The number of hydrogen-bond donors (Lipinski definition) is 2. The summed E-state index contributed by atoms with van der Waals surface area (Å²) in [7, 11) is 1.39. The lowest BCUT2D eigenvalue weighted by Gasteiger charge is -2.09. The van der Waals surface area contributed by atoms with Crippen LogP contribution in [0.2, 0.25) is 0 Å². The van der Waals surface area contributed by atoms with Gasteiger partial charge in [0.05, 0.1) is 30.6 Å². The van der Waals surface area contributed by atoms with E-state index in [1.165, 1.54) is 24.7 Å². The molecule has 0 atom stereocenters. The lowest BCUT2D eigenvalue weighted by atomic mass is 10.1. The fourth-order valence-corrected chi connectivity index (χ4v) is 3.56. The predicted octanol–water partition coefficient (Wildman–Crippen LogP) is 3.16. The number of aliphatic imine (C=N–C) groups is 1. The standard InChI is InChI=1S/C21H24N4O2/c1-27-20(26)18-10-9-17(24-19(18)14-5-6-14)12-23-21(22)25-16-8-7-13-3-2-4-15(13)11-16/h7-11,14H,2-6,12H2,1H3,(H3,22,23,25). The number of esters is 1. The van der Waals surface area contributed by atoms with Crippen molar-refractivity contribution in [1.82, 2.24) is 4.98 Å². The molecule has 2 aliphatic rings. The van der Waals surface area contributed by atoms with Gasteiger partial charge in [0.15, 0.2) is 5.96 Å². The Hall–Kier alpha value is -2.89. The third kappa shape index (κ3) is 3.94. The second-order valence-electron chi connectivity index (χ2n) is 7.16. The number of nitrogens with two attached hydrogens (primary N) is 1. The van der Waals surface area contributed by atoms with E-state index in [-0.39, 0.29) is 5.97 Å². The number of nitrogens with one attached hydrogen (secondary N) is 1. The van der Waals surface area contributed by atoms with Crippen LogP contribution in [0.1, 0.15) is 58.1 Å². The van der Waals surface area contributed by atoms with Gasteiger partial charge in [-0.25, -0.2) is 9.79 Å². The molecule has 27 heavy (non-hydrogen) atoms. The Morgan fingerprint density at radius 3 is 2.85 bits per heavy atom. The minimum Gasteiger partial charge on any atom is -0.465 e. The van der Waals surface area contributed by atoms with Gasteiger partial charge in [0.1, 0.15) is 0 Å². The van der Waals surface area contributed by atoms with Crippen LogP contribution in [-0.2, 0) is 24.1 Å². The molecule has 1 saturated carbocycles. The van der Waals surface area contributed by atoms with Crippen LogP contribution in [0.5, 0.6) is 0 Å². The van der Waals surface area contributed by atoms with Crippen molar-refractivity contribution in [2.24, 2.45) is 10.7 Å². The minimum atomic E-state index is -0.336. The lowest BCUT2D eigenvalue weighted by Crippen LogP contribution is -2.22. The van der Waals surface area contributed by atoms with Crippen molar-refractivity contribution in [3.8, 4) is 0 Å². The van der Waals surface area contributed by atoms with Crippen LogP contribution in [0.15, 0.2) is 35.3 Å². The molecule has 6 nitrogen and oxygen atoms in total. The van der Waals surface area contributed by atoms with Crippen molar-refractivity contribution in [2.45, 2.75) is 44.6 Å². The molecule has 4 rings (SSSR count). The summed E-state index contributed by atoms with van der Waals surface area (Å²) >= 11 is 0. The van der Waals surface area contributed by atoms with Gasteiger partial charge in [-0.2, -0.15) is 0 Å². The van der Waals surface area contributed by atoms with Crippen LogP contribution >= 0.6 is 0 Å². The van der Waals surface area contributed by atoms with Crippen molar-refractivity contribution in [2.75, 3.05) is 12.4 Å². The number of anilines is 1. The van der Waals surface area contributed by atoms with E-state index >= 15 is 0 Å². The SMILES string of the molecule is COC(=O)c1ccc(CN=C(N)Nc2ccc3c(c2)CCC3)nc1C1CC1. The minimum absolute atomic E-state index is 0.336. The average molecular weight is 364 g/mol. The molecule has 0 bridgehead atoms. The molecule has 1 heterocycles. The van der Waals surface area contributed by atoms with Crippen molar-refractivity contribution in [1.29, 1.82) is 0 Å². The molecule has 0 amide bonds. The molecule has 2 aromatic rings. The molecule has 3 N–H and O–H groups in total. The number of methoxy groups -OCH3 is 1. The molecule has 0 saturated heterocycles. The first-order chi connectivity index (χ1) is 13.1. The summed E-state index contributed by atoms with van der Waals surface area (Å²) in [5.41, 5.74) is 12.0. The topological polar surface area (TPSA) is 89.6 Å². The number of pyridine rings is 1. The molecule has 0 unspecified atom stereocenters. The molecule has 1 aromatic heterocycles. The lowest BCUT2D eigenvalue weighted by molar-refractivity contribution is 0.0598. The Labute approximate surface area is 158 Å². The maximum Gasteiger partial charge on any atom is 0.339 e. The number of rotatable bonds is 5. The summed E-state index contributed by atoms with van der Waals surface area (Å²) in [4.78, 5) is 21.0. The molecule has 140 valence electrons. The maximum atomic E-state index is 11.9. The molecule has 1 fully saturated rings. The zero-order valence-corrected chi connectivity index (χ0v) is 15.5. The highest BCUT2D eigenvalue weighted by Crippen LogP contribution is 2.40. The Morgan fingerprint density at radius 2 is 2.07 bits per heavy atom. The summed E-state index contributed by atoms with van der Waals surface area (Å²) < 4.78 is 4.85. The van der Waals surface area contributed by atoms with Crippen molar-refractivity contribution in [3.05, 3.63) is 58.4 Å². The molecule has 0 radical (unpaired) electrons. The highest BCUT2D eigenvalue weighted by Gasteiger charge is 2.30. The first-order valence-corrected chi connectivity index (χ1v) is 9.41. The Balaban J connectivity index is 1.45. The summed E-state index contributed by atoms with van der Waals surface area (Å²) in [5, 5.41) is 3.16. The monoisotopic (exact) mass is 364 g/mol. The second kappa shape index (κ2) is 7.39. The van der Waals surface area contributed by atoms with Gasteiger partial charge >= 0.3 is 5.97 Å². The Bertz CT molecular complexity index is 903. The van der Waals surface area contributed by atoms with Crippen LogP contribution in [-0.4, -0.2) is 24.0 Å². The number of aromatic nitrogens is 1. The largest absolute Gasteiger partial charge is 0.465 e. The number of carbonyl (C=O) groups excluding carboxylic acids is 1. The van der Waals surface area contributed by atoms with Gasteiger partial charge in [-0.05, 0) is 67.5 Å². The quantitative estimate of drug-likeness (QED) is 0.483. The number of benzene rings is 1. The normalized spacial score (nSPS) is 16.1. The van der Waals surface area contributed by atoms with Crippen LogP contribution in [0.3, 0.4) is 0 Å². The summed E-state index contributed by atoms with van der Waals surface area (Å²) in [5.74, 6) is 0.377. The van der Waals surface area contributed by atoms with Crippen molar-refractivity contribution in [3.63, 3.8) is 0 Å². The first kappa shape index (κ1) is 17.5. The van der Waals surface area contributed by atoms with Gasteiger partial charge in [0.25, 0.3) is 0 Å². The van der Waals surface area contributed by atoms with E-state index in [2.05, 4.69) is 27.4 Å². The number of hydrogen-bond acceptors (Lipinski definition) is 4. The number of carbonyl (C=O) groups is 1. The van der Waals surface area contributed by atoms with Gasteiger partial charge in [0.2, 0.25) is 0 Å². The Kier molecular flexibility index (Phi) is 4.79. The van der Waals surface area contributed by atoms with Crippen LogP contribution in [0.4, 0.5) is 5.69 Å². The summed E-state index contributed by atoms with van der Waals surface area (Å²) in [6, 6.07) is 9.94. The molecule has 0 spiro atoms. The van der Waals surface area contributed by atoms with E-state index in [4.69, 9.17) is 10.5 Å². The van der Waals surface area contributed by atoms with Crippen molar-refractivity contribution < 1.29 is 9.53 Å². The second-order valence-corrected chi connectivity index (χ2v) is 7.16. The van der Waals surface area contributed by atoms with Crippen molar-refractivity contribution >= 4 is 17.6 Å². The van der Waals surface area contributed by atoms with E-state index in [1.54, 1.807) is 6.07 Å². The van der Waals surface area contributed by atoms with E-state index < -0.39 is 0 Å². The van der Waals surface area contributed by atoms with E-state index in [0.717, 1.165) is 42.8 Å². The zero-order valence-electron chi connectivity index (χ0n) is 15.5. The van der Waals surface area contributed by atoms with Gasteiger partial charge in [-0.15, -0.1) is 0 Å². The predicted molar refractivity (Wildman–Crippen MR) is 105 cm³/mol. The van der Waals surface area contributed by atoms with Gasteiger partial charge in [-0.1, -0.05) is 6.07 Å². The molecular weight excluding hydrogens is 340 g/mol. The third-order valence-corrected chi connectivity index (χ3v) is 5.13. The zero-order chi connectivity index (χ0) is 18.8. The summed E-state index contributed by atoms with van der Waals surface area (Å²) in [6.45, 7) is 0.366. The fourth-order valence-electron chi connectivity index (χ4n) is 3.56. The van der Waals surface area contributed by atoms with E-state index in [1.807, 2.05) is 12.1 Å². The average Bonchev–Trinajstić information content (AvgIpc) is 3.43. The molecule has 6 heteroatoms. The van der Waals surface area contributed by atoms with Gasteiger partial charge in [-0.3, -0.25) is 4.98 Å². The van der Waals surface area contributed by atoms with Crippen LogP contribution in [0, 0.1) is 0 Å². The number of guanidine groups is 1. The van der Waals surface area contributed by atoms with E-state index in [0.29, 0.717) is 24.0 Å². The molecule has 2 aliphatic carbocycles. The number of nitrogens with zero attached hydrogens (tertiary/aromatic N) is 2. The molecule has 0 aliphatic heterocycles. The smallest absolute Gasteiger partial charge is 0.339 e. The fraction of sp³-hybridized carbons (Fsp3) is 0.381. The number of aryl methyl sites for hydroxylation is 2. The van der Waals surface area contributed by atoms with E-state index in [9.17, 15) is 4.79 Å². The van der Waals surface area contributed by atoms with Crippen LogP contribution in [0.25, 0.3) is 0 Å². The molecule has 1 aromatic carbocycles. The summed E-state index contributed by atoms with van der Waals surface area (Å²) in [6.07, 6.45) is 5.63. The van der Waals surface area contributed by atoms with Gasteiger partial charge in [0, 0.05) is 11.6 Å². The highest BCUT2D eigenvalue weighted by molar-refractivity contribution is 5.92. The molecular formula is C21H24N4O2. The third-order valence-electron chi connectivity index (χ3n) is 5.13. The maximum absolute atomic E-state index is 11.9. The number of ether oxygens (including phenoxy) is 1. The highest BCUT2D eigenvalue weighted by atomic mass is 16.5. The van der Waals surface area contributed by atoms with Crippen LogP contribution < -0.4 is 11.1 Å². The van der Waals surface area contributed by atoms with Gasteiger partial charge < -0.3 is 15.8 Å².